The molecule has 9 heteroatoms. The summed E-state index contributed by atoms with van der Waals surface area (Å²) < 4.78 is 39.6. The molecule has 2 aromatic carbocycles. The van der Waals surface area contributed by atoms with Crippen molar-refractivity contribution in [1.82, 2.24) is 9.97 Å². The number of nitrogens with zero attached hydrogens (tertiary/aromatic N) is 4. The Morgan fingerprint density at radius 1 is 0.938 bits per heavy atom. The summed E-state index contributed by atoms with van der Waals surface area (Å²) in [6.07, 6.45) is 0.660. The van der Waals surface area contributed by atoms with Crippen LogP contribution in [0.1, 0.15) is 11.4 Å². The largest absolute Gasteiger partial charge is 0.379 e. The predicted octanol–water partition coefficient (Wildman–Crippen LogP) is 3.36. The molecule has 0 spiro atoms. The van der Waals surface area contributed by atoms with Crippen LogP contribution in [0.15, 0.2) is 53.4 Å². The van der Waals surface area contributed by atoms with Gasteiger partial charge in [-0.1, -0.05) is 12.1 Å². The van der Waals surface area contributed by atoms with Crippen LogP contribution in [0.25, 0.3) is 0 Å². The number of halogens is 2. The van der Waals surface area contributed by atoms with E-state index < -0.39 is 10.8 Å². The lowest BCUT2D eigenvalue weighted by Gasteiger charge is -2.36. The minimum absolute atomic E-state index is 0.240. The number of aryl methyl sites for hydroxylation is 1. The highest BCUT2D eigenvalue weighted by atomic mass is 32.2. The van der Waals surface area contributed by atoms with Crippen LogP contribution in [-0.4, -0.2) is 46.1 Å². The minimum Gasteiger partial charge on any atom is -0.379 e. The third-order valence-electron chi connectivity index (χ3n) is 5.77. The summed E-state index contributed by atoms with van der Waals surface area (Å²) in [5.41, 5.74) is 3.04. The van der Waals surface area contributed by atoms with Crippen molar-refractivity contribution >= 4 is 28.1 Å². The van der Waals surface area contributed by atoms with Crippen LogP contribution < -0.4 is 15.1 Å². The second kappa shape index (κ2) is 8.82. The Morgan fingerprint density at radius 3 is 2.41 bits per heavy atom. The lowest BCUT2D eigenvalue weighted by atomic mass is 10.2. The first-order valence-electron chi connectivity index (χ1n) is 10.6. The molecule has 1 unspecified atom stereocenters. The molecule has 1 saturated heterocycles. The topological polar surface area (TPSA) is 61.4 Å². The van der Waals surface area contributed by atoms with Crippen LogP contribution in [0, 0.1) is 11.6 Å². The van der Waals surface area contributed by atoms with E-state index in [4.69, 9.17) is 9.97 Å². The van der Waals surface area contributed by atoms with E-state index in [9.17, 15) is 13.0 Å². The van der Waals surface area contributed by atoms with Crippen molar-refractivity contribution in [3.63, 3.8) is 0 Å². The quantitative estimate of drug-likeness (QED) is 0.637. The molecule has 0 amide bonds. The lowest BCUT2D eigenvalue weighted by molar-refractivity contribution is 0.616. The summed E-state index contributed by atoms with van der Waals surface area (Å²) in [5, 5.41) is 3.19. The van der Waals surface area contributed by atoms with E-state index in [-0.39, 0.29) is 11.6 Å². The maximum absolute atomic E-state index is 13.6. The van der Waals surface area contributed by atoms with E-state index >= 15 is 0 Å². The van der Waals surface area contributed by atoms with E-state index in [1.807, 2.05) is 6.07 Å². The lowest BCUT2D eigenvalue weighted by Crippen LogP contribution is -2.47. The first-order valence-corrected chi connectivity index (χ1v) is 11.9. The van der Waals surface area contributed by atoms with Gasteiger partial charge in [0.25, 0.3) is 0 Å². The Balaban J connectivity index is 1.34. The van der Waals surface area contributed by atoms with Gasteiger partial charge in [-0.3, -0.25) is 4.21 Å². The van der Waals surface area contributed by atoms with Crippen LogP contribution in [0.2, 0.25) is 0 Å². The van der Waals surface area contributed by atoms with Crippen molar-refractivity contribution in [2.75, 3.05) is 47.0 Å². The molecule has 0 aliphatic carbocycles. The molecule has 3 heterocycles. The predicted molar refractivity (Wildman–Crippen MR) is 122 cm³/mol. The highest BCUT2D eigenvalue weighted by Crippen LogP contribution is 2.28. The number of rotatable bonds is 5. The molecule has 166 valence electrons. The average Bonchev–Trinajstić information content (AvgIpc) is 3.18. The maximum Gasteiger partial charge on any atom is 0.226 e. The normalized spacial score (nSPS) is 18.0. The summed E-state index contributed by atoms with van der Waals surface area (Å²) in [4.78, 5) is 14.4. The number of benzene rings is 2. The van der Waals surface area contributed by atoms with E-state index in [1.165, 1.54) is 18.2 Å². The standard InChI is InChI=1S/C23H23F2N5OS/c24-16-3-1-5-18(13-16)26-15-21-22-20(7-12-32(22)31)27-23(28-21)30-10-8-29(9-11-30)19-6-2-4-17(25)14-19/h1-6,13-14,26H,7-12,15H2. The molecule has 2 aliphatic rings. The van der Waals surface area contributed by atoms with Crippen molar-refractivity contribution in [3.05, 3.63) is 71.6 Å². The van der Waals surface area contributed by atoms with Crippen LogP contribution in [0.4, 0.5) is 26.1 Å². The molecule has 1 fully saturated rings. The van der Waals surface area contributed by atoms with Crippen LogP contribution in [0.5, 0.6) is 0 Å². The summed E-state index contributed by atoms with van der Waals surface area (Å²) in [5.74, 6) is 0.615. The molecule has 0 bridgehead atoms. The van der Waals surface area contributed by atoms with E-state index in [2.05, 4.69) is 15.1 Å². The Hall–Kier alpha value is -3.07. The molecule has 6 nitrogen and oxygen atoms in total. The summed E-state index contributed by atoms with van der Waals surface area (Å²) in [6.45, 7) is 3.21. The summed E-state index contributed by atoms with van der Waals surface area (Å²) in [6, 6.07) is 12.9. The molecule has 1 aromatic heterocycles. The molecular weight excluding hydrogens is 432 g/mol. The van der Waals surface area contributed by atoms with Gasteiger partial charge in [0.15, 0.2) is 0 Å². The summed E-state index contributed by atoms with van der Waals surface area (Å²) >= 11 is 0. The first-order chi connectivity index (χ1) is 15.6. The monoisotopic (exact) mass is 455 g/mol. The number of aromatic nitrogens is 2. The van der Waals surface area contributed by atoms with Crippen molar-refractivity contribution in [2.24, 2.45) is 0 Å². The van der Waals surface area contributed by atoms with E-state index in [0.717, 1.165) is 24.5 Å². The van der Waals surface area contributed by atoms with Gasteiger partial charge in [-0.15, -0.1) is 0 Å². The van der Waals surface area contributed by atoms with Gasteiger partial charge < -0.3 is 15.1 Å². The van der Waals surface area contributed by atoms with Crippen molar-refractivity contribution in [2.45, 2.75) is 17.9 Å². The third kappa shape index (κ3) is 4.29. The second-order valence-corrected chi connectivity index (χ2v) is 9.37. The maximum atomic E-state index is 13.6. The fraction of sp³-hybridized carbons (Fsp3) is 0.304. The van der Waals surface area contributed by atoms with Crippen molar-refractivity contribution in [3.8, 4) is 0 Å². The zero-order chi connectivity index (χ0) is 22.1. The summed E-state index contributed by atoms with van der Waals surface area (Å²) in [7, 11) is -1.12. The SMILES string of the molecule is O=S1CCc2nc(N3CCN(c4cccc(F)c4)CC3)nc(CNc3cccc(F)c3)c21. The van der Waals surface area contributed by atoms with Gasteiger partial charge >= 0.3 is 0 Å². The van der Waals surface area contributed by atoms with Crippen molar-refractivity contribution in [1.29, 1.82) is 0 Å². The molecule has 2 aliphatic heterocycles. The minimum atomic E-state index is -1.12. The molecule has 5 rings (SSSR count). The number of anilines is 3. The number of hydrogen-bond donors (Lipinski definition) is 1. The zero-order valence-corrected chi connectivity index (χ0v) is 18.2. The second-order valence-electron chi connectivity index (χ2n) is 7.86. The van der Waals surface area contributed by atoms with Gasteiger partial charge in [0.05, 0.1) is 33.6 Å². The highest BCUT2D eigenvalue weighted by molar-refractivity contribution is 7.85. The number of piperazine rings is 1. The molecule has 1 N–H and O–H groups in total. The molecule has 0 saturated carbocycles. The Bertz CT molecular complexity index is 1170. The Morgan fingerprint density at radius 2 is 1.66 bits per heavy atom. The van der Waals surface area contributed by atoms with Crippen LogP contribution >= 0.6 is 0 Å². The Labute approximate surface area is 187 Å². The average molecular weight is 456 g/mol. The molecule has 32 heavy (non-hydrogen) atoms. The smallest absolute Gasteiger partial charge is 0.226 e. The Kier molecular flexibility index (Phi) is 5.73. The zero-order valence-electron chi connectivity index (χ0n) is 17.4. The van der Waals surface area contributed by atoms with Crippen molar-refractivity contribution < 1.29 is 13.0 Å². The highest BCUT2D eigenvalue weighted by Gasteiger charge is 2.28. The van der Waals surface area contributed by atoms with E-state index in [0.29, 0.717) is 54.0 Å². The van der Waals surface area contributed by atoms with Gasteiger partial charge in [-0.25, -0.2) is 18.7 Å². The van der Waals surface area contributed by atoms with Crippen LogP contribution in [-0.2, 0) is 23.8 Å². The molecular formula is C23H23F2N5OS. The first kappa shape index (κ1) is 20.8. The van der Waals surface area contributed by atoms with Gasteiger partial charge in [0.1, 0.15) is 11.6 Å². The number of nitrogens with one attached hydrogen (secondary N) is 1. The fourth-order valence-electron chi connectivity index (χ4n) is 4.14. The van der Waals surface area contributed by atoms with Crippen LogP contribution in [0.3, 0.4) is 0 Å². The van der Waals surface area contributed by atoms with Gasteiger partial charge in [-0.2, -0.15) is 0 Å². The number of hydrogen-bond acceptors (Lipinski definition) is 6. The van der Waals surface area contributed by atoms with Gasteiger partial charge in [-0.05, 0) is 36.4 Å². The fourth-order valence-corrected chi connectivity index (χ4v) is 5.52. The molecule has 3 aromatic rings. The van der Waals surface area contributed by atoms with E-state index in [1.54, 1.807) is 24.3 Å². The molecule has 0 radical (unpaired) electrons. The third-order valence-corrected chi connectivity index (χ3v) is 7.27. The number of fused-ring (bicyclic) bond motifs is 1. The van der Waals surface area contributed by atoms with Gasteiger partial charge in [0.2, 0.25) is 5.95 Å². The molecule has 1 atom stereocenters. The van der Waals surface area contributed by atoms with Gasteiger partial charge in [0, 0.05) is 49.7 Å².